The summed E-state index contributed by atoms with van der Waals surface area (Å²) in [4.78, 5) is 6.64. The first-order valence-electron chi connectivity index (χ1n) is 6.88. The summed E-state index contributed by atoms with van der Waals surface area (Å²) >= 11 is 0. The molecule has 4 nitrogen and oxygen atoms in total. The summed E-state index contributed by atoms with van der Waals surface area (Å²) in [5.74, 6) is 0.637. The molecule has 0 aliphatic rings. The molecule has 0 radical (unpaired) electrons. The van der Waals surface area contributed by atoms with Gasteiger partial charge in [0, 0.05) is 18.6 Å². The van der Waals surface area contributed by atoms with Crippen LogP contribution in [-0.2, 0) is 6.54 Å². The number of nitrogens with zero attached hydrogens (tertiary/aromatic N) is 2. The molecular formula is C15H27N3O. The fraction of sp³-hybridized carbons (Fsp3) is 0.667. The minimum atomic E-state index is -0.0400. The van der Waals surface area contributed by atoms with Crippen molar-refractivity contribution >= 4 is 6.01 Å². The fourth-order valence-electron chi connectivity index (χ4n) is 1.76. The van der Waals surface area contributed by atoms with E-state index in [1.54, 1.807) is 6.26 Å². The van der Waals surface area contributed by atoms with Gasteiger partial charge < -0.3 is 14.6 Å². The first kappa shape index (κ1) is 15.8. The summed E-state index contributed by atoms with van der Waals surface area (Å²) in [5.41, 5.74) is 0.899. The lowest BCUT2D eigenvalue weighted by molar-refractivity contribution is 0.451. The van der Waals surface area contributed by atoms with E-state index in [1.807, 2.05) is 6.08 Å². The van der Waals surface area contributed by atoms with Crippen molar-refractivity contribution in [2.75, 3.05) is 18.0 Å². The van der Waals surface area contributed by atoms with E-state index in [4.69, 9.17) is 4.42 Å². The maximum Gasteiger partial charge on any atom is 0.298 e. The van der Waals surface area contributed by atoms with Gasteiger partial charge in [0.05, 0.1) is 5.69 Å². The molecule has 0 fully saturated rings. The van der Waals surface area contributed by atoms with Crippen LogP contribution in [-0.4, -0.2) is 23.6 Å². The molecule has 0 aliphatic carbocycles. The van der Waals surface area contributed by atoms with Gasteiger partial charge in [-0.3, -0.25) is 0 Å². The van der Waals surface area contributed by atoms with Crippen LogP contribution in [0.25, 0.3) is 0 Å². The second-order valence-electron chi connectivity index (χ2n) is 6.22. The van der Waals surface area contributed by atoms with Crippen molar-refractivity contribution in [1.82, 2.24) is 10.3 Å². The average Bonchev–Trinajstić information content (AvgIpc) is 2.72. The normalized spacial score (nSPS) is 11.9. The highest BCUT2D eigenvalue weighted by atomic mass is 16.4. The van der Waals surface area contributed by atoms with Crippen LogP contribution in [0.4, 0.5) is 6.01 Å². The molecule has 1 aromatic rings. The largest absolute Gasteiger partial charge is 0.432 e. The molecule has 0 aromatic carbocycles. The van der Waals surface area contributed by atoms with E-state index < -0.39 is 0 Å². The number of rotatable bonds is 7. The molecule has 0 atom stereocenters. The summed E-state index contributed by atoms with van der Waals surface area (Å²) in [5, 5.41) is 3.36. The van der Waals surface area contributed by atoms with Gasteiger partial charge in [0.15, 0.2) is 0 Å². The van der Waals surface area contributed by atoms with Gasteiger partial charge in [0.1, 0.15) is 6.26 Å². The van der Waals surface area contributed by atoms with Crippen LogP contribution in [0, 0.1) is 5.92 Å². The van der Waals surface area contributed by atoms with E-state index in [2.05, 4.69) is 56.4 Å². The van der Waals surface area contributed by atoms with Crippen LogP contribution in [0.1, 0.15) is 40.3 Å². The number of anilines is 1. The molecule has 0 bridgehead atoms. The van der Waals surface area contributed by atoms with Crippen LogP contribution < -0.4 is 10.2 Å². The highest BCUT2D eigenvalue weighted by molar-refractivity contribution is 5.32. The summed E-state index contributed by atoms with van der Waals surface area (Å²) < 4.78 is 5.59. The Morgan fingerprint density at radius 1 is 1.47 bits per heavy atom. The standard InChI is InChI=1S/C15H27N3O/c1-7-8-18(15(4,5)6)14-17-13(11-19-14)10-16-9-12(2)3/h7,11-12,16H,1,8-10H2,2-6H3. The molecule has 1 N–H and O–H groups in total. The van der Waals surface area contributed by atoms with E-state index in [0.717, 1.165) is 25.3 Å². The van der Waals surface area contributed by atoms with Gasteiger partial charge in [0.2, 0.25) is 0 Å². The number of aromatic nitrogens is 1. The number of nitrogens with one attached hydrogen (secondary N) is 1. The zero-order valence-corrected chi connectivity index (χ0v) is 12.9. The summed E-state index contributed by atoms with van der Waals surface area (Å²) in [6.07, 6.45) is 3.59. The Bertz CT molecular complexity index is 390. The number of hydrogen-bond acceptors (Lipinski definition) is 4. The molecule has 1 aromatic heterocycles. The second-order valence-corrected chi connectivity index (χ2v) is 6.22. The molecule has 0 aliphatic heterocycles. The molecule has 0 saturated heterocycles. The van der Waals surface area contributed by atoms with Gasteiger partial charge in [-0.05, 0) is 33.2 Å². The van der Waals surface area contributed by atoms with E-state index in [9.17, 15) is 0 Å². The van der Waals surface area contributed by atoms with Gasteiger partial charge >= 0.3 is 0 Å². The first-order chi connectivity index (χ1) is 8.84. The third-order valence-electron chi connectivity index (χ3n) is 2.75. The highest BCUT2D eigenvalue weighted by Gasteiger charge is 2.24. The Labute approximate surface area is 116 Å². The highest BCUT2D eigenvalue weighted by Crippen LogP contribution is 2.22. The Balaban J connectivity index is 2.68. The lowest BCUT2D eigenvalue weighted by atomic mass is 10.1. The van der Waals surface area contributed by atoms with Gasteiger partial charge in [-0.25, -0.2) is 0 Å². The number of oxazole rings is 1. The topological polar surface area (TPSA) is 41.3 Å². The van der Waals surface area contributed by atoms with E-state index >= 15 is 0 Å². The molecular weight excluding hydrogens is 238 g/mol. The lowest BCUT2D eigenvalue weighted by Gasteiger charge is -2.33. The van der Waals surface area contributed by atoms with Crippen molar-refractivity contribution in [3.05, 3.63) is 24.6 Å². The zero-order valence-electron chi connectivity index (χ0n) is 12.9. The van der Waals surface area contributed by atoms with Crippen molar-refractivity contribution in [3.8, 4) is 0 Å². The minimum Gasteiger partial charge on any atom is -0.432 e. The Kier molecular flexibility index (Phi) is 5.60. The Hall–Kier alpha value is -1.29. The van der Waals surface area contributed by atoms with Crippen molar-refractivity contribution in [3.63, 3.8) is 0 Å². The SMILES string of the molecule is C=CCN(c1nc(CNCC(C)C)co1)C(C)(C)C. The second kappa shape index (κ2) is 6.75. The van der Waals surface area contributed by atoms with E-state index in [0.29, 0.717) is 11.9 Å². The molecule has 4 heteroatoms. The fourth-order valence-corrected chi connectivity index (χ4v) is 1.76. The number of hydrogen-bond donors (Lipinski definition) is 1. The lowest BCUT2D eigenvalue weighted by Crippen LogP contribution is -2.41. The molecule has 1 rings (SSSR count). The van der Waals surface area contributed by atoms with Crippen LogP contribution in [0.5, 0.6) is 0 Å². The van der Waals surface area contributed by atoms with E-state index in [-0.39, 0.29) is 5.54 Å². The van der Waals surface area contributed by atoms with Crippen LogP contribution in [0.3, 0.4) is 0 Å². The molecule has 108 valence electrons. The predicted molar refractivity (Wildman–Crippen MR) is 80.3 cm³/mol. The monoisotopic (exact) mass is 265 g/mol. The van der Waals surface area contributed by atoms with Gasteiger partial charge in [-0.2, -0.15) is 4.98 Å². The molecule has 0 amide bonds. The predicted octanol–water partition coefficient (Wildman–Crippen LogP) is 3.21. The van der Waals surface area contributed by atoms with Crippen LogP contribution >= 0.6 is 0 Å². The quantitative estimate of drug-likeness (QED) is 0.769. The first-order valence-corrected chi connectivity index (χ1v) is 6.88. The minimum absolute atomic E-state index is 0.0400. The van der Waals surface area contributed by atoms with E-state index in [1.165, 1.54) is 0 Å². The summed E-state index contributed by atoms with van der Waals surface area (Å²) in [6, 6.07) is 0.661. The third-order valence-corrected chi connectivity index (χ3v) is 2.75. The third kappa shape index (κ3) is 5.07. The summed E-state index contributed by atoms with van der Waals surface area (Å²) in [7, 11) is 0. The zero-order chi connectivity index (χ0) is 14.5. The van der Waals surface area contributed by atoms with Gasteiger partial charge in [0.25, 0.3) is 6.01 Å². The van der Waals surface area contributed by atoms with Crippen molar-refractivity contribution in [2.24, 2.45) is 5.92 Å². The average molecular weight is 265 g/mol. The molecule has 19 heavy (non-hydrogen) atoms. The molecule has 0 spiro atoms. The van der Waals surface area contributed by atoms with Crippen molar-refractivity contribution in [2.45, 2.75) is 46.7 Å². The van der Waals surface area contributed by atoms with Crippen molar-refractivity contribution in [1.29, 1.82) is 0 Å². The smallest absolute Gasteiger partial charge is 0.298 e. The molecule has 0 saturated carbocycles. The van der Waals surface area contributed by atoms with Crippen LogP contribution in [0.15, 0.2) is 23.3 Å². The summed E-state index contributed by atoms with van der Waals surface area (Å²) in [6.45, 7) is 17.0. The van der Waals surface area contributed by atoms with Gasteiger partial charge in [-0.1, -0.05) is 19.9 Å². The van der Waals surface area contributed by atoms with Crippen molar-refractivity contribution < 1.29 is 4.42 Å². The molecule has 0 unspecified atom stereocenters. The maximum absolute atomic E-state index is 5.59. The van der Waals surface area contributed by atoms with Gasteiger partial charge in [-0.15, -0.1) is 6.58 Å². The maximum atomic E-state index is 5.59. The Morgan fingerprint density at radius 3 is 2.68 bits per heavy atom. The Morgan fingerprint density at radius 2 is 2.16 bits per heavy atom. The van der Waals surface area contributed by atoms with Crippen LogP contribution in [0.2, 0.25) is 0 Å². The molecule has 1 heterocycles.